The Morgan fingerprint density at radius 1 is 1.32 bits per heavy atom. The van der Waals surface area contributed by atoms with Crippen LogP contribution in [0.25, 0.3) is 0 Å². The summed E-state index contributed by atoms with van der Waals surface area (Å²) in [5.41, 5.74) is 5.13. The summed E-state index contributed by atoms with van der Waals surface area (Å²) in [7, 11) is 0. The van der Waals surface area contributed by atoms with Gasteiger partial charge >= 0.3 is 0 Å². The predicted molar refractivity (Wildman–Crippen MR) is 79.3 cm³/mol. The molecule has 0 aliphatic rings. The number of hydrogen-bond acceptors (Lipinski definition) is 4. The Kier molecular flexibility index (Phi) is 5.44. The lowest BCUT2D eigenvalue weighted by molar-refractivity contribution is 0.488. The van der Waals surface area contributed by atoms with Crippen molar-refractivity contribution in [3.05, 3.63) is 58.6 Å². The minimum absolute atomic E-state index is 0.220. The first kappa shape index (κ1) is 14.1. The van der Waals surface area contributed by atoms with E-state index < -0.39 is 0 Å². The molecule has 3 N–H and O–H groups in total. The fraction of sp³-hybridized carbons (Fsp3) is 0.286. The largest absolute Gasteiger partial charge is 0.271 e. The van der Waals surface area contributed by atoms with E-state index in [4.69, 9.17) is 5.84 Å². The first-order valence-electron chi connectivity index (χ1n) is 6.23. The summed E-state index contributed by atoms with van der Waals surface area (Å²) in [6.45, 7) is 0. The van der Waals surface area contributed by atoms with Gasteiger partial charge in [-0.05, 0) is 59.0 Å². The monoisotopic (exact) mass is 320 g/mol. The maximum Gasteiger partial charge on any atom is 0.0410 e. The highest BCUT2D eigenvalue weighted by atomic mass is 79.9. The number of nitrogens with zero attached hydrogens (tertiary/aromatic N) is 2. The summed E-state index contributed by atoms with van der Waals surface area (Å²) in [4.78, 5) is 8.48. The van der Waals surface area contributed by atoms with Crippen molar-refractivity contribution < 1.29 is 0 Å². The van der Waals surface area contributed by atoms with Crippen molar-refractivity contribution in [2.24, 2.45) is 5.84 Å². The predicted octanol–water partition coefficient (Wildman–Crippen LogP) is 2.25. The molecule has 1 unspecified atom stereocenters. The van der Waals surface area contributed by atoms with Gasteiger partial charge in [-0.25, -0.2) is 0 Å². The van der Waals surface area contributed by atoms with E-state index in [1.807, 2.05) is 30.6 Å². The van der Waals surface area contributed by atoms with E-state index in [-0.39, 0.29) is 6.04 Å². The number of hydrogen-bond donors (Lipinski definition) is 2. The van der Waals surface area contributed by atoms with Crippen molar-refractivity contribution in [2.45, 2.75) is 25.3 Å². The second kappa shape index (κ2) is 7.33. The molecule has 5 heteroatoms. The fourth-order valence-corrected chi connectivity index (χ4v) is 2.38. The highest BCUT2D eigenvalue weighted by molar-refractivity contribution is 9.10. The zero-order valence-corrected chi connectivity index (χ0v) is 12.2. The highest BCUT2D eigenvalue weighted by Crippen LogP contribution is 2.13. The molecule has 1 atom stereocenters. The Labute approximate surface area is 121 Å². The minimum atomic E-state index is 0.220. The number of nitrogens with one attached hydrogen (secondary N) is 1. The molecule has 2 aromatic rings. The van der Waals surface area contributed by atoms with Gasteiger partial charge in [-0.2, -0.15) is 0 Å². The van der Waals surface area contributed by atoms with Crippen molar-refractivity contribution in [1.82, 2.24) is 15.4 Å². The van der Waals surface area contributed by atoms with Gasteiger partial charge in [-0.15, -0.1) is 0 Å². The molecule has 0 amide bonds. The standard InChI is InChI=1S/C14H17BrN4/c15-12-7-11(9-17-10-12)8-14(19-16)5-4-13-3-1-2-6-18-13/h1-3,6-7,9-10,14,19H,4-5,8,16H2. The maximum atomic E-state index is 5.62. The molecule has 0 aliphatic heterocycles. The van der Waals surface area contributed by atoms with Gasteiger partial charge in [-0.1, -0.05) is 6.07 Å². The molecular formula is C14H17BrN4. The summed E-state index contributed by atoms with van der Waals surface area (Å²) < 4.78 is 0.991. The third-order valence-corrected chi connectivity index (χ3v) is 3.39. The lowest BCUT2D eigenvalue weighted by Gasteiger charge is -2.15. The third kappa shape index (κ3) is 4.70. The third-order valence-electron chi connectivity index (χ3n) is 2.95. The summed E-state index contributed by atoms with van der Waals surface area (Å²) in [5.74, 6) is 5.62. The van der Waals surface area contributed by atoms with Crippen LogP contribution in [0.5, 0.6) is 0 Å². The number of hydrazine groups is 1. The molecular weight excluding hydrogens is 304 g/mol. The molecule has 0 spiro atoms. The van der Waals surface area contributed by atoms with Gasteiger partial charge in [0.2, 0.25) is 0 Å². The Morgan fingerprint density at radius 3 is 2.89 bits per heavy atom. The van der Waals surface area contributed by atoms with Crippen LogP contribution in [0.4, 0.5) is 0 Å². The number of aryl methyl sites for hydroxylation is 1. The lowest BCUT2D eigenvalue weighted by Crippen LogP contribution is -2.37. The van der Waals surface area contributed by atoms with Crippen LogP contribution in [0.2, 0.25) is 0 Å². The van der Waals surface area contributed by atoms with Gasteiger partial charge in [-0.3, -0.25) is 21.2 Å². The van der Waals surface area contributed by atoms with Crippen molar-refractivity contribution in [1.29, 1.82) is 0 Å². The van der Waals surface area contributed by atoms with Gasteiger partial charge < -0.3 is 0 Å². The minimum Gasteiger partial charge on any atom is -0.271 e. The molecule has 2 rings (SSSR count). The van der Waals surface area contributed by atoms with Crippen molar-refractivity contribution in [2.75, 3.05) is 0 Å². The zero-order chi connectivity index (χ0) is 13.5. The van der Waals surface area contributed by atoms with Gasteiger partial charge in [0.15, 0.2) is 0 Å². The van der Waals surface area contributed by atoms with E-state index >= 15 is 0 Å². The molecule has 0 saturated heterocycles. The Bertz CT molecular complexity index is 504. The molecule has 0 bridgehead atoms. The fourth-order valence-electron chi connectivity index (χ4n) is 1.96. The van der Waals surface area contributed by atoms with Crippen molar-refractivity contribution >= 4 is 15.9 Å². The van der Waals surface area contributed by atoms with Crippen LogP contribution in [0.3, 0.4) is 0 Å². The van der Waals surface area contributed by atoms with E-state index in [2.05, 4.69) is 37.4 Å². The summed E-state index contributed by atoms with van der Waals surface area (Å²) >= 11 is 3.43. The van der Waals surface area contributed by atoms with E-state index in [0.717, 1.165) is 29.4 Å². The topological polar surface area (TPSA) is 63.8 Å². The first-order valence-corrected chi connectivity index (χ1v) is 7.02. The van der Waals surface area contributed by atoms with Gasteiger partial charge in [0.25, 0.3) is 0 Å². The van der Waals surface area contributed by atoms with E-state index in [1.54, 1.807) is 6.20 Å². The molecule has 0 saturated carbocycles. The van der Waals surface area contributed by atoms with E-state index in [1.165, 1.54) is 5.56 Å². The first-order chi connectivity index (χ1) is 9.28. The van der Waals surface area contributed by atoms with Crippen LogP contribution in [-0.4, -0.2) is 16.0 Å². The Morgan fingerprint density at radius 2 is 2.21 bits per heavy atom. The van der Waals surface area contributed by atoms with Crippen LogP contribution < -0.4 is 11.3 Å². The normalized spacial score (nSPS) is 12.3. The van der Waals surface area contributed by atoms with Crippen molar-refractivity contribution in [3.63, 3.8) is 0 Å². The quantitative estimate of drug-likeness (QED) is 0.633. The Balaban J connectivity index is 1.90. The van der Waals surface area contributed by atoms with E-state index in [9.17, 15) is 0 Å². The maximum absolute atomic E-state index is 5.62. The van der Waals surface area contributed by atoms with Crippen LogP contribution >= 0.6 is 15.9 Å². The molecule has 100 valence electrons. The molecule has 0 aliphatic carbocycles. The molecule has 0 radical (unpaired) electrons. The number of nitrogens with two attached hydrogens (primary N) is 1. The van der Waals surface area contributed by atoms with Gasteiger partial charge in [0, 0.05) is 34.8 Å². The number of pyridine rings is 2. The number of rotatable bonds is 6. The lowest BCUT2D eigenvalue weighted by atomic mass is 10.0. The second-order valence-corrected chi connectivity index (χ2v) is 5.35. The smallest absolute Gasteiger partial charge is 0.0410 e. The second-order valence-electron chi connectivity index (χ2n) is 4.44. The van der Waals surface area contributed by atoms with E-state index in [0.29, 0.717) is 0 Å². The number of aromatic nitrogens is 2. The average molecular weight is 321 g/mol. The van der Waals surface area contributed by atoms with Gasteiger partial charge in [0.1, 0.15) is 0 Å². The summed E-state index contributed by atoms with van der Waals surface area (Å²) in [5, 5.41) is 0. The van der Waals surface area contributed by atoms with Crippen molar-refractivity contribution in [3.8, 4) is 0 Å². The van der Waals surface area contributed by atoms with Crippen LogP contribution in [0.15, 0.2) is 47.3 Å². The summed E-state index contributed by atoms with van der Waals surface area (Å²) in [6.07, 6.45) is 8.18. The molecule has 4 nitrogen and oxygen atoms in total. The molecule has 0 aromatic carbocycles. The zero-order valence-electron chi connectivity index (χ0n) is 10.6. The van der Waals surface area contributed by atoms with Crippen LogP contribution in [-0.2, 0) is 12.8 Å². The average Bonchev–Trinajstić information content (AvgIpc) is 2.44. The SMILES string of the molecule is NNC(CCc1ccccn1)Cc1cncc(Br)c1. The Hall–Kier alpha value is -1.30. The molecule has 2 heterocycles. The molecule has 19 heavy (non-hydrogen) atoms. The summed E-state index contributed by atoms with van der Waals surface area (Å²) in [6, 6.07) is 8.26. The highest BCUT2D eigenvalue weighted by Gasteiger charge is 2.09. The van der Waals surface area contributed by atoms with Crippen LogP contribution in [0, 0.1) is 0 Å². The van der Waals surface area contributed by atoms with Crippen LogP contribution in [0.1, 0.15) is 17.7 Å². The molecule has 0 fully saturated rings. The number of halogens is 1. The van der Waals surface area contributed by atoms with Gasteiger partial charge in [0.05, 0.1) is 0 Å². The molecule has 2 aromatic heterocycles.